The van der Waals surface area contributed by atoms with Crippen LogP contribution in [-0.4, -0.2) is 85.3 Å². The predicted octanol–water partition coefficient (Wildman–Crippen LogP) is 6.21. The largest absolute Gasteiger partial charge is 0.488 e. The topological polar surface area (TPSA) is 149 Å². The van der Waals surface area contributed by atoms with Crippen molar-refractivity contribution in [2.24, 2.45) is 13.0 Å². The molecule has 0 radical (unpaired) electrons. The van der Waals surface area contributed by atoms with Crippen LogP contribution >= 0.6 is 0 Å². The lowest BCUT2D eigenvalue weighted by atomic mass is 9.85. The number of imide groups is 1. The van der Waals surface area contributed by atoms with Gasteiger partial charge in [-0.2, -0.15) is 18.3 Å². The zero-order chi connectivity index (χ0) is 41.9. The molecule has 0 bridgehead atoms. The molecule has 17 heteroatoms. The third-order valence-corrected chi connectivity index (χ3v) is 12.7. The number of rotatable bonds is 10. The standard InChI is InChI=1S/C43H48F3N9O5/c1-51(27-17-19-53(20-18-27)33-6-4-7-34-39(33)52(2)42(59)55(34)35-15-16-38(56)49-41(35)58)23-25-9-11-28(12-10-25)54-24-26-21-32(36(22-31(26)50-54)60-29-13-14-29)48-40(57)30-5-3-8-37(47-30)43(44,45)46/h3-8,21-22,24-25,27-29,35H,9-20,23H2,1-2H3,(H,48,57)(H,49,56,58). The van der Waals surface area contributed by atoms with Gasteiger partial charge in [-0.1, -0.05) is 12.1 Å². The number of halogens is 3. The number of hydrogen-bond donors (Lipinski definition) is 2. The van der Waals surface area contributed by atoms with Crippen molar-refractivity contribution >= 4 is 51.0 Å². The molecule has 2 aromatic carbocycles. The number of fused-ring (bicyclic) bond motifs is 2. The molecule has 4 aliphatic rings. The number of carbonyl (C=O) groups excluding carboxylic acids is 3. The number of anilines is 2. The van der Waals surface area contributed by atoms with Gasteiger partial charge in [0.15, 0.2) is 0 Å². The van der Waals surface area contributed by atoms with Gasteiger partial charge >= 0.3 is 11.9 Å². The van der Waals surface area contributed by atoms with Crippen LogP contribution in [0.5, 0.6) is 5.75 Å². The summed E-state index contributed by atoms with van der Waals surface area (Å²) in [5.74, 6) is -0.528. The van der Waals surface area contributed by atoms with Crippen LogP contribution in [0.2, 0.25) is 0 Å². The van der Waals surface area contributed by atoms with E-state index < -0.39 is 29.7 Å². The minimum Gasteiger partial charge on any atom is -0.488 e. The van der Waals surface area contributed by atoms with E-state index in [2.05, 4.69) is 32.5 Å². The number of pyridine rings is 1. The second-order valence-electron chi connectivity index (χ2n) is 16.8. The first-order valence-corrected chi connectivity index (χ1v) is 20.8. The fourth-order valence-electron chi connectivity index (χ4n) is 9.32. The van der Waals surface area contributed by atoms with Crippen molar-refractivity contribution < 1.29 is 32.3 Å². The maximum atomic E-state index is 13.5. The maximum Gasteiger partial charge on any atom is 0.433 e. The summed E-state index contributed by atoms with van der Waals surface area (Å²) in [4.78, 5) is 59.5. The second-order valence-corrected chi connectivity index (χ2v) is 16.8. The summed E-state index contributed by atoms with van der Waals surface area (Å²) in [7, 11) is 3.96. The molecule has 9 rings (SSSR count). The highest BCUT2D eigenvalue weighted by molar-refractivity contribution is 6.05. The van der Waals surface area contributed by atoms with Crippen molar-refractivity contribution in [2.45, 2.75) is 94.6 Å². The molecular formula is C43H48F3N9O5. The van der Waals surface area contributed by atoms with Gasteiger partial charge in [0.25, 0.3) is 5.91 Å². The molecular weight excluding hydrogens is 780 g/mol. The van der Waals surface area contributed by atoms with Crippen molar-refractivity contribution in [1.82, 2.24) is 34.1 Å². The minimum absolute atomic E-state index is 0.0197. The summed E-state index contributed by atoms with van der Waals surface area (Å²) in [6.07, 6.45) is 5.63. The molecule has 3 amide bonds. The fourth-order valence-corrected chi connectivity index (χ4v) is 9.32. The highest BCUT2D eigenvalue weighted by Crippen LogP contribution is 2.39. The van der Waals surface area contributed by atoms with E-state index in [9.17, 15) is 32.3 Å². The van der Waals surface area contributed by atoms with Crippen molar-refractivity contribution in [2.75, 3.05) is 36.9 Å². The average molecular weight is 828 g/mol. The fraction of sp³-hybridized carbons (Fsp3) is 0.488. The number of hydrogen-bond acceptors (Lipinski definition) is 9. The van der Waals surface area contributed by atoms with Gasteiger partial charge in [-0.15, -0.1) is 0 Å². The quantitative estimate of drug-likeness (QED) is 0.157. The van der Waals surface area contributed by atoms with Gasteiger partial charge in [0, 0.05) is 56.8 Å². The van der Waals surface area contributed by atoms with Gasteiger partial charge in [0.1, 0.15) is 23.2 Å². The van der Waals surface area contributed by atoms with Crippen molar-refractivity contribution in [3.8, 4) is 5.75 Å². The number of alkyl halides is 3. The second kappa shape index (κ2) is 15.7. The van der Waals surface area contributed by atoms with Crippen LogP contribution in [0.15, 0.2) is 59.5 Å². The molecule has 5 heterocycles. The van der Waals surface area contributed by atoms with Crippen LogP contribution < -0.4 is 26.0 Å². The summed E-state index contributed by atoms with van der Waals surface area (Å²) >= 11 is 0. The van der Waals surface area contributed by atoms with E-state index in [1.165, 1.54) is 16.7 Å². The van der Waals surface area contributed by atoms with E-state index in [0.29, 0.717) is 35.3 Å². The molecule has 5 aromatic rings. The van der Waals surface area contributed by atoms with Gasteiger partial charge in [-0.25, -0.2) is 9.78 Å². The number of para-hydroxylation sites is 1. The van der Waals surface area contributed by atoms with E-state index in [1.807, 2.05) is 29.1 Å². The van der Waals surface area contributed by atoms with Crippen LogP contribution in [0, 0.1) is 5.92 Å². The Morgan fingerprint density at radius 3 is 2.43 bits per heavy atom. The van der Waals surface area contributed by atoms with Gasteiger partial charge in [-0.3, -0.25) is 33.5 Å². The van der Waals surface area contributed by atoms with Crippen LogP contribution in [0.3, 0.4) is 0 Å². The van der Waals surface area contributed by atoms with Crippen LogP contribution in [0.1, 0.15) is 92.5 Å². The van der Waals surface area contributed by atoms with E-state index in [-0.39, 0.29) is 35.9 Å². The molecule has 2 aliphatic carbocycles. The molecule has 14 nitrogen and oxygen atoms in total. The Hall–Kier alpha value is -5.71. The molecule has 316 valence electrons. The van der Waals surface area contributed by atoms with Gasteiger partial charge < -0.3 is 19.9 Å². The number of piperidine rings is 2. The van der Waals surface area contributed by atoms with E-state index in [4.69, 9.17) is 9.84 Å². The van der Waals surface area contributed by atoms with Crippen LogP contribution in [0.25, 0.3) is 21.9 Å². The first-order valence-electron chi connectivity index (χ1n) is 20.8. The molecule has 60 heavy (non-hydrogen) atoms. The number of aryl methyl sites for hydroxylation is 1. The summed E-state index contributed by atoms with van der Waals surface area (Å²) in [6.45, 7) is 2.68. The van der Waals surface area contributed by atoms with Crippen molar-refractivity contribution in [3.05, 3.63) is 76.6 Å². The number of ether oxygens (including phenoxy) is 1. The monoisotopic (exact) mass is 827 g/mol. The van der Waals surface area contributed by atoms with E-state index >= 15 is 0 Å². The summed E-state index contributed by atoms with van der Waals surface area (Å²) in [5, 5.41) is 10.8. The third kappa shape index (κ3) is 7.86. The van der Waals surface area contributed by atoms with Gasteiger partial charge in [0.05, 0.1) is 40.1 Å². The highest BCUT2D eigenvalue weighted by atomic mass is 19.4. The Labute approximate surface area is 343 Å². The lowest BCUT2D eigenvalue weighted by molar-refractivity contribution is -0.141. The Bertz CT molecular complexity index is 2530. The molecule has 0 spiro atoms. The highest BCUT2D eigenvalue weighted by Gasteiger charge is 2.35. The molecule has 2 N–H and O–H groups in total. The number of amides is 3. The molecule has 2 aliphatic heterocycles. The molecule has 2 saturated heterocycles. The smallest absolute Gasteiger partial charge is 0.433 e. The summed E-state index contributed by atoms with van der Waals surface area (Å²) < 4.78 is 51.1. The minimum atomic E-state index is -4.67. The summed E-state index contributed by atoms with van der Waals surface area (Å²) in [5.41, 5.74) is 1.82. The molecule has 1 atom stereocenters. The number of imidazole rings is 1. The molecule has 3 aromatic heterocycles. The Morgan fingerprint density at radius 2 is 1.72 bits per heavy atom. The molecule has 1 unspecified atom stereocenters. The van der Waals surface area contributed by atoms with Crippen molar-refractivity contribution in [1.29, 1.82) is 0 Å². The lowest BCUT2D eigenvalue weighted by Gasteiger charge is -2.40. The van der Waals surface area contributed by atoms with Crippen LogP contribution in [-0.2, 0) is 22.8 Å². The number of nitrogens with one attached hydrogen (secondary N) is 2. The zero-order valence-electron chi connectivity index (χ0n) is 33.6. The molecule has 4 fully saturated rings. The first-order chi connectivity index (χ1) is 28.8. The van der Waals surface area contributed by atoms with E-state index in [0.717, 1.165) is 99.2 Å². The average Bonchev–Trinajstić information content (AvgIpc) is 3.90. The Balaban J connectivity index is 0.813. The van der Waals surface area contributed by atoms with E-state index in [1.54, 1.807) is 23.7 Å². The third-order valence-electron chi connectivity index (χ3n) is 12.7. The first kappa shape index (κ1) is 39.7. The lowest BCUT2D eigenvalue weighted by Crippen LogP contribution is -2.45. The number of carbonyl (C=O) groups is 3. The number of aromatic nitrogens is 5. The number of nitrogens with zero attached hydrogens (tertiary/aromatic N) is 7. The van der Waals surface area contributed by atoms with Gasteiger partial charge in [0.2, 0.25) is 11.8 Å². The predicted molar refractivity (Wildman–Crippen MR) is 218 cm³/mol. The SMILES string of the molecule is CN(CC1CCC(n2cc3cc(NC(=O)c4cccc(C(F)(F)F)n4)c(OC4CC4)cc3n2)CC1)C1CCN(c2cccc3c2n(C)c(=O)n3C2CCC(=O)NC2=O)CC1. The van der Waals surface area contributed by atoms with Crippen molar-refractivity contribution in [3.63, 3.8) is 0 Å². The summed E-state index contributed by atoms with van der Waals surface area (Å²) in [6, 6.07) is 12.6. The normalized spacial score (nSPS) is 21.8. The van der Waals surface area contributed by atoms with Gasteiger partial charge in [-0.05, 0) is 101 Å². The maximum absolute atomic E-state index is 13.5. The van der Waals surface area contributed by atoms with Crippen LogP contribution in [0.4, 0.5) is 24.5 Å². The Morgan fingerprint density at radius 1 is 0.967 bits per heavy atom. The number of benzene rings is 2. The molecule has 2 saturated carbocycles. The zero-order valence-corrected chi connectivity index (χ0v) is 33.6. The Kier molecular flexibility index (Phi) is 10.4.